The van der Waals surface area contributed by atoms with Gasteiger partial charge in [-0.2, -0.15) is 0 Å². The van der Waals surface area contributed by atoms with Crippen LogP contribution in [0.4, 0.5) is 0 Å². The summed E-state index contributed by atoms with van der Waals surface area (Å²) in [5.74, 6) is 2.71. The molecule has 0 rings (SSSR count). The molecule has 0 amide bonds. The van der Waals surface area contributed by atoms with Gasteiger partial charge in [0, 0.05) is 13.0 Å². The zero-order valence-electron chi connectivity index (χ0n) is 16.5. The summed E-state index contributed by atoms with van der Waals surface area (Å²) in [4.78, 5) is 0. The molecule has 0 aliphatic rings. The van der Waals surface area contributed by atoms with Crippen LogP contribution in [0.3, 0.4) is 0 Å². The Morgan fingerprint density at radius 1 is 0.625 bits per heavy atom. The first kappa shape index (κ1) is 23.5. The minimum Gasteiger partial charge on any atom is -0.379 e. The second-order valence-corrected chi connectivity index (χ2v) is 7.08. The highest BCUT2D eigenvalue weighted by molar-refractivity contribution is 4.82. The lowest BCUT2D eigenvalue weighted by atomic mass is 10.0. The summed E-state index contributed by atoms with van der Waals surface area (Å²) in [6.45, 7) is 6.47. The highest BCUT2D eigenvalue weighted by Gasteiger charge is 1.95. The van der Waals surface area contributed by atoms with Gasteiger partial charge >= 0.3 is 0 Å². The molecule has 0 aliphatic carbocycles. The van der Waals surface area contributed by atoms with Crippen molar-refractivity contribution in [3.8, 4) is 12.3 Å². The Kier molecular flexibility index (Phi) is 20.1. The quantitative estimate of drug-likeness (QED) is 0.197. The topological polar surface area (TPSA) is 18.5 Å². The average Bonchev–Trinajstić information content (AvgIpc) is 2.56. The smallest absolute Gasteiger partial charge is 0.0703 e. The summed E-state index contributed by atoms with van der Waals surface area (Å²) in [6.07, 6.45) is 24.1. The fourth-order valence-electron chi connectivity index (χ4n) is 2.82. The Morgan fingerprint density at radius 2 is 1.08 bits per heavy atom. The van der Waals surface area contributed by atoms with Crippen molar-refractivity contribution in [1.82, 2.24) is 0 Å². The summed E-state index contributed by atoms with van der Waals surface area (Å²) in [5.41, 5.74) is 0. The first-order chi connectivity index (χ1) is 11.8. The van der Waals surface area contributed by atoms with E-state index in [0.717, 1.165) is 26.2 Å². The number of unbranched alkanes of at least 4 members (excludes halogenated alkanes) is 13. The molecule has 0 atom stereocenters. The van der Waals surface area contributed by atoms with Crippen LogP contribution in [0.25, 0.3) is 0 Å². The minimum absolute atomic E-state index is 0.312. The van der Waals surface area contributed by atoms with E-state index in [4.69, 9.17) is 15.9 Å². The second-order valence-electron chi connectivity index (χ2n) is 7.08. The van der Waals surface area contributed by atoms with E-state index in [0.29, 0.717) is 6.10 Å². The average molecular weight is 339 g/mol. The van der Waals surface area contributed by atoms with Crippen LogP contribution in [0.15, 0.2) is 0 Å². The highest BCUT2D eigenvalue weighted by Crippen LogP contribution is 2.12. The van der Waals surface area contributed by atoms with Gasteiger partial charge in [0.15, 0.2) is 0 Å². The van der Waals surface area contributed by atoms with Crippen LogP contribution in [0.2, 0.25) is 0 Å². The summed E-state index contributed by atoms with van der Waals surface area (Å²) >= 11 is 0. The van der Waals surface area contributed by atoms with Crippen LogP contribution in [0.5, 0.6) is 0 Å². The third-order valence-corrected chi connectivity index (χ3v) is 4.29. The first-order valence-corrected chi connectivity index (χ1v) is 10.4. The van der Waals surface area contributed by atoms with E-state index in [-0.39, 0.29) is 0 Å². The maximum absolute atomic E-state index is 5.56. The SMILES string of the molecule is C#CCCCCCCCCCCCCCCCOCCOC(C)C. The molecule has 2 nitrogen and oxygen atoms in total. The van der Waals surface area contributed by atoms with Crippen molar-refractivity contribution in [1.29, 1.82) is 0 Å². The summed E-state index contributed by atoms with van der Waals surface area (Å²) < 4.78 is 11.0. The fourth-order valence-corrected chi connectivity index (χ4v) is 2.82. The van der Waals surface area contributed by atoms with Crippen molar-refractivity contribution in [2.45, 2.75) is 110 Å². The molecular formula is C22H42O2. The molecule has 0 bridgehead atoms. The molecule has 0 aromatic heterocycles. The lowest BCUT2D eigenvalue weighted by Crippen LogP contribution is -2.10. The van der Waals surface area contributed by atoms with Crippen molar-refractivity contribution in [2.75, 3.05) is 19.8 Å². The van der Waals surface area contributed by atoms with Gasteiger partial charge in [0.2, 0.25) is 0 Å². The van der Waals surface area contributed by atoms with Crippen molar-refractivity contribution in [3.05, 3.63) is 0 Å². The number of hydrogen-bond donors (Lipinski definition) is 0. The molecule has 0 spiro atoms. The summed E-state index contributed by atoms with van der Waals surface area (Å²) in [5, 5.41) is 0. The van der Waals surface area contributed by atoms with Gasteiger partial charge in [0.05, 0.1) is 19.3 Å². The van der Waals surface area contributed by atoms with E-state index in [1.165, 1.54) is 83.5 Å². The van der Waals surface area contributed by atoms with E-state index in [2.05, 4.69) is 19.8 Å². The molecule has 0 aromatic rings. The molecule has 0 unspecified atom stereocenters. The van der Waals surface area contributed by atoms with E-state index >= 15 is 0 Å². The van der Waals surface area contributed by atoms with Gasteiger partial charge < -0.3 is 9.47 Å². The molecular weight excluding hydrogens is 296 g/mol. The molecule has 2 heteroatoms. The number of terminal acetylenes is 1. The monoisotopic (exact) mass is 338 g/mol. The molecule has 0 heterocycles. The largest absolute Gasteiger partial charge is 0.379 e. The van der Waals surface area contributed by atoms with Gasteiger partial charge in [-0.25, -0.2) is 0 Å². The molecule has 0 N–H and O–H groups in total. The molecule has 0 aliphatic heterocycles. The number of hydrogen-bond acceptors (Lipinski definition) is 2. The van der Waals surface area contributed by atoms with Crippen LogP contribution >= 0.6 is 0 Å². The molecule has 0 fully saturated rings. The predicted octanol–water partition coefficient (Wildman–Crippen LogP) is 6.52. The number of ether oxygens (including phenoxy) is 2. The Hall–Kier alpha value is -0.520. The van der Waals surface area contributed by atoms with Crippen LogP contribution in [0.1, 0.15) is 104 Å². The zero-order valence-corrected chi connectivity index (χ0v) is 16.5. The molecule has 0 saturated heterocycles. The van der Waals surface area contributed by atoms with Gasteiger partial charge in [0.25, 0.3) is 0 Å². The van der Waals surface area contributed by atoms with Gasteiger partial charge in [-0.3, -0.25) is 0 Å². The van der Waals surface area contributed by atoms with Gasteiger partial charge in [0.1, 0.15) is 0 Å². The Labute approximate surface area is 152 Å². The molecule has 0 saturated carbocycles. The van der Waals surface area contributed by atoms with Crippen LogP contribution in [-0.4, -0.2) is 25.9 Å². The highest BCUT2D eigenvalue weighted by atomic mass is 16.5. The minimum atomic E-state index is 0.312. The Morgan fingerprint density at radius 3 is 1.54 bits per heavy atom. The van der Waals surface area contributed by atoms with Crippen molar-refractivity contribution < 1.29 is 9.47 Å². The third kappa shape index (κ3) is 21.5. The maximum Gasteiger partial charge on any atom is 0.0703 e. The lowest BCUT2D eigenvalue weighted by Gasteiger charge is -2.08. The van der Waals surface area contributed by atoms with E-state index in [1.54, 1.807) is 0 Å². The Balaban J connectivity index is 2.97. The second kappa shape index (κ2) is 20.5. The van der Waals surface area contributed by atoms with Crippen LogP contribution in [-0.2, 0) is 9.47 Å². The molecule has 142 valence electrons. The fraction of sp³-hybridized carbons (Fsp3) is 0.909. The van der Waals surface area contributed by atoms with Crippen LogP contribution < -0.4 is 0 Å². The molecule has 0 aromatic carbocycles. The van der Waals surface area contributed by atoms with E-state index < -0.39 is 0 Å². The van der Waals surface area contributed by atoms with E-state index in [9.17, 15) is 0 Å². The molecule has 0 radical (unpaired) electrons. The third-order valence-electron chi connectivity index (χ3n) is 4.29. The molecule has 24 heavy (non-hydrogen) atoms. The van der Waals surface area contributed by atoms with Crippen molar-refractivity contribution >= 4 is 0 Å². The normalized spacial score (nSPS) is 11.1. The van der Waals surface area contributed by atoms with E-state index in [1.807, 2.05) is 0 Å². The van der Waals surface area contributed by atoms with Crippen molar-refractivity contribution in [3.63, 3.8) is 0 Å². The maximum atomic E-state index is 5.56. The predicted molar refractivity (Wildman–Crippen MR) is 105 cm³/mol. The first-order valence-electron chi connectivity index (χ1n) is 10.4. The lowest BCUT2D eigenvalue weighted by molar-refractivity contribution is 0.0186. The van der Waals surface area contributed by atoms with Gasteiger partial charge in [-0.1, -0.05) is 70.6 Å². The summed E-state index contributed by atoms with van der Waals surface area (Å²) in [7, 11) is 0. The van der Waals surface area contributed by atoms with Crippen molar-refractivity contribution in [2.24, 2.45) is 0 Å². The summed E-state index contributed by atoms with van der Waals surface area (Å²) in [6, 6.07) is 0. The zero-order chi connectivity index (χ0) is 17.7. The standard InChI is InChI=1S/C22H42O2/c1-4-5-6-7-8-9-10-11-12-13-14-15-16-17-18-19-23-20-21-24-22(2)3/h1,22H,5-21H2,2-3H3. The Bertz CT molecular complexity index is 268. The number of rotatable bonds is 19. The van der Waals surface area contributed by atoms with Gasteiger partial charge in [-0.05, 0) is 26.7 Å². The van der Waals surface area contributed by atoms with Crippen LogP contribution in [0, 0.1) is 12.3 Å². The van der Waals surface area contributed by atoms with Gasteiger partial charge in [-0.15, -0.1) is 12.3 Å².